The number of aryl methyl sites for hydroxylation is 2. The van der Waals surface area contributed by atoms with Crippen LogP contribution in [0.2, 0.25) is 5.02 Å². The Morgan fingerprint density at radius 3 is 2.30 bits per heavy atom. The van der Waals surface area contributed by atoms with Crippen LogP contribution < -0.4 is 0 Å². The van der Waals surface area contributed by atoms with Crippen molar-refractivity contribution >= 4 is 23.4 Å². The zero-order valence-electron chi connectivity index (χ0n) is 12.6. The quantitative estimate of drug-likeness (QED) is 0.743. The van der Waals surface area contributed by atoms with Crippen molar-refractivity contribution in [3.05, 3.63) is 57.1 Å². The van der Waals surface area contributed by atoms with Gasteiger partial charge < -0.3 is 15.3 Å². The molecule has 0 aromatic heterocycles. The molecular formula is C17H15ClO5. The van der Waals surface area contributed by atoms with Crippen molar-refractivity contribution in [2.45, 2.75) is 20.3 Å². The van der Waals surface area contributed by atoms with E-state index in [0.717, 1.165) is 6.07 Å². The molecule has 3 N–H and O–H groups in total. The molecule has 2 rings (SSSR count). The Labute approximate surface area is 137 Å². The molecule has 0 aliphatic rings. The number of halogens is 1. The number of rotatable bonds is 4. The van der Waals surface area contributed by atoms with Crippen LogP contribution in [-0.2, 0) is 6.42 Å². The normalized spacial score (nSPS) is 10.6. The number of carbonyl (C=O) groups excluding carboxylic acids is 1. The third kappa shape index (κ3) is 3.14. The van der Waals surface area contributed by atoms with Gasteiger partial charge in [0.1, 0.15) is 17.1 Å². The fourth-order valence-electron chi connectivity index (χ4n) is 2.26. The van der Waals surface area contributed by atoms with Crippen LogP contribution in [-0.4, -0.2) is 27.1 Å². The van der Waals surface area contributed by atoms with Crippen LogP contribution in [0.3, 0.4) is 0 Å². The van der Waals surface area contributed by atoms with E-state index in [9.17, 15) is 19.8 Å². The van der Waals surface area contributed by atoms with E-state index in [1.165, 1.54) is 18.2 Å². The van der Waals surface area contributed by atoms with Crippen LogP contribution in [0.1, 0.15) is 44.3 Å². The summed E-state index contributed by atoms with van der Waals surface area (Å²) in [6.45, 7) is 3.42. The molecule has 0 saturated heterocycles. The minimum absolute atomic E-state index is 0.0234. The maximum atomic E-state index is 12.6. The van der Waals surface area contributed by atoms with Crippen molar-refractivity contribution in [2.75, 3.05) is 0 Å². The average Bonchev–Trinajstić information content (AvgIpc) is 2.50. The number of phenolic OH excluding ortho intramolecular Hbond substituents is 1. The summed E-state index contributed by atoms with van der Waals surface area (Å²) in [7, 11) is 0. The van der Waals surface area contributed by atoms with Gasteiger partial charge in [-0.25, -0.2) is 4.79 Å². The number of hydrogen-bond acceptors (Lipinski definition) is 4. The Kier molecular flexibility index (Phi) is 4.61. The maximum Gasteiger partial charge on any atom is 0.339 e. The summed E-state index contributed by atoms with van der Waals surface area (Å²) in [6.07, 6.45) is 0.355. The van der Waals surface area contributed by atoms with Gasteiger partial charge in [-0.05, 0) is 48.7 Å². The lowest BCUT2D eigenvalue weighted by atomic mass is 9.95. The summed E-state index contributed by atoms with van der Waals surface area (Å²) in [5.41, 5.74) is 0.639. The lowest BCUT2D eigenvalue weighted by Gasteiger charge is -2.11. The van der Waals surface area contributed by atoms with Crippen LogP contribution in [0.15, 0.2) is 24.3 Å². The van der Waals surface area contributed by atoms with Gasteiger partial charge in [0, 0.05) is 10.6 Å². The van der Waals surface area contributed by atoms with Crippen molar-refractivity contribution in [3.63, 3.8) is 0 Å². The molecule has 0 atom stereocenters. The van der Waals surface area contributed by atoms with E-state index in [1.54, 1.807) is 13.8 Å². The number of carbonyl (C=O) groups is 2. The smallest absolute Gasteiger partial charge is 0.339 e. The summed E-state index contributed by atoms with van der Waals surface area (Å²) >= 11 is 5.99. The highest BCUT2D eigenvalue weighted by molar-refractivity contribution is 6.32. The van der Waals surface area contributed by atoms with Gasteiger partial charge in [0.15, 0.2) is 5.78 Å². The number of benzene rings is 2. The first kappa shape index (κ1) is 16.8. The number of phenols is 2. The molecule has 0 saturated carbocycles. The fraction of sp³-hybridized carbons (Fsp3) is 0.176. The number of carboxylic acid groups (broad SMARTS) is 1. The largest absolute Gasteiger partial charge is 0.507 e. The molecule has 0 heterocycles. The van der Waals surface area contributed by atoms with E-state index in [-0.39, 0.29) is 28.2 Å². The Balaban J connectivity index is 2.62. The van der Waals surface area contributed by atoms with Crippen LogP contribution >= 0.6 is 11.6 Å². The fourth-order valence-corrected chi connectivity index (χ4v) is 2.43. The van der Waals surface area contributed by atoms with Crippen LogP contribution in [0, 0.1) is 6.92 Å². The van der Waals surface area contributed by atoms with Gasteiger partial charge >= 0.3 is 5.97 Å². The predicted molar refractivity (Wildman–Crippen MR) is 85.7 cm³/mol. The molecule has 0 aliphatic heterocycles. The molecular weight excluding hydrogens is 320 g/mol. The van der Waals surface area contributed by atoms with Crippen LogP contribution in [0.4, 0.5) is 0 Å². The molecule has 5 nitrogen and oxygen atoms in total. The topological polar surface area (TPSA) is 94.8 Å². The van der Waals surface area contributed by atoms with Gasteiger partial charge in [0.25, 0.3) is 0 Å². The minimum atomic E-state index is -1.34. The SMILES string of the molecule is CCc1cc(C(=O)c2cc(Cl)c(C)cc2O)cc(C(=O)O)c1O. The Morgan fingerprint density at radius 2 is 1.74 bits per heavy atom. The zero-order chi connectivity index (χ0) is 17.3. The third-order valence-electron chi connectivity index (χ3n) is 3.58. The lowest BCUT2D eigenvalue weighted by Crippen LogP contribution is -2.07. The van der Waals surface area contributed by atoms with E-state index in [4.69, 9.17) is 16.7 Å². The van der Waals surface area contributed by atoms with Crippen LogP contribution in [0.25, 0.3) is 0 Å². The molecule has 6 heteroatoms. The van der Waals surface area contributed by atoms with E-state index < -0.39 is 11.8 Å². The summed E-state index contributed by atoms with van der Waals surface area (Å²) < 4.78 is 0. The first-order valence-electron chi connectivity index (χ1n) is 6.89. The van der Waals surface area contributed by atoms with Gasteiger partial charge in [-0.15, -0.1) is 0 Å². The van der Waals surface area contributed by atoms with Crippen molar-refractivity contribution in [1.82, 2.24) is 0 Å². The molecule has 0 bridgehead atoms. The number of aromatic carboxylic acids is 1. The van der Waals surface area contributed by atoms with E-state index in [0.29, 0.717) is 22.6 Å². The summed E-state index contributed by atoms with van der Waals surface area (Å²) in [6, 6.07) is 5.21. The zero-order valence-corrected chi connectivity index (χ0v) is 13.3. The molecule has 0 spiro atoms. The van der Waals surface area contributed by atoms with Gasteiger partial charge in [-0.3, -0.25) is 4.79 Å². The minimum Gasteiger partial charge on any atom is -0.507 e. The Hall–Kier alpha value is -2.53. The lowest BCUT2D eigenvalue weighted by molar-refractivity contribution is 0.0693. The third-order valence-corrected chi connectivity index (χ3v) is 3.99. The van der Waals surface area contributed by atoms with E-state index in [2.05, 4.69) is 0 Å². The molecule has 0 radical (unpaired) electrons. The monoisotopic (exact) mass is 334 g/mol. The molecule has 2 aromatic carbocycles. The Bertz CT molecular complexity index is 811. The van der Waals surface area contributed by atoms with E-state index in [1.807, 2.05) is 0 Å². The van der Waals surface area contributed by atoms with E-state index >= 15 is 0 Å². The number of carboxylic acids is 1. The second-order valence-corrected chi connectivity index (χ2v) is 5.55. The molecule has 23 heavy (non-hydrogen) atoms. The predicted octanol–water partition coefficient (Wildman–Crippen LogP) is 3.55. The van der Waals surface area contributed by atoms with Gasteiger partial charge in [-0.1, -0.05) is 18.5 Å². The van der Waals surface area contributed by atoms with Crippen molar-refractivity contribution in [2.24, 2.45) is 0 Å². The standard InChI is InChI=1S/C17H15ClO5/c1-3-9-5-10(6-12(15(9)20)17(22)23)16(21)11-7-13(18)8(2)4-14(11)19/h4-7,19-20H,3H2,1-2H3,(H,22,23). The van der Waals surface area contributed by atoms with Gasteiger partial charge in [0.2, 0.25) is 0 Å². The molecule has 0 aliphatic carbocycles. The summed E-state index contributed by atoms with van der Waals surface area (Å²) in [5, 5.41) is 29.3. The highest BCUT2D eigenvalue weighted by Crippen LogP contribution is 2.30. The molecule has 0 amide bonds. The second-order valence-electron chi connectivity index (χ2n) is 5.14. The molecule has 2 aromatic rings. The van der Waals surface area contributed by atoms with Crippen molar-refractivity contribution < 1.29 is 24.9 Å². The van der Waals surface area contributed by atoms with Crippen molar-refractivity contribution in [1.29, 1.82) is 0 Å². The summed E-state index contributed by atoms with van der Waals surface area (Å²) in [5.74, 6) is -2.50. The number of hydrogen-bond donors (Lipinski definition) is 3. The second kappa shape index (κ2) is 6.30. The molecule has 120 valence electrons. The first-order valence-corrected chi connectivity index (χ1v) is 7.27. The molecule has 0 unspecified atom stereocenters. The maximum absolute atomic E-state index is 12.6. The van der Waals surface area contributed by atoms with Gasteiger partial charge in [0.05, 0.1) is 5.56 Å². The number of ketones is 1. The van der Waals surface area contributed by atoms with Crippen LogP contribution in [0.5, 0.6) is 11.5 Å². The highest BCUT2D eigenvalue weighted by atomic mass is 35.5. The van der Waals surface area contributed by atoms with Crippen molar-refractivity contribution in [3.8, 4) is 11.5 Å². The first-order chi connectivity index (χ1) is 10.8. The highest BCUT2D eigenvalue weighted by Gasteiger charge is 2.21. The Morgan fingerprint density at radius 1 is 1.09 bits per heavy atom. The number of aromatic hydroxyl groups is 2. The van der Waals surface area contributed by atoms with Gasteiger partial charge in [-0.2, -0.15) is 0 Å². The average molecular weight is 335 g/mol. The molecule has 0 fully saturated rings. The summed E-state index contributed by atoms with van der Waals surface area (Å²) in [4.78, 5) is 23.8.